The van der Waals surface area contributed by atoms with Gasteiger partial charge < -0.3 is 10.2 Å². The molecule has 1 amide bonds. The van der Waals surface area contributed by atoms with E-state index in [4.69, 9.17) is 0 Å². The second kappa shape index (κ2) is 3.67. The molecule has 4 heteroatoms. The van der Waals surface area contributed by atoms with Gasteiger partial charge in [-0.05, 0) is 6.42 Å². The van der Waals surface area contributed by atoms with Crippen molar-refractivity contribution in [3.8, 4) is 0 Å². The van der Waals surface area contributed by atoms with Gasteiger partial charge in [0, 0.05) is 25.7 Å². The first-order chi connectivity index (χ1) is 5.25. The summed E-state index contributed by atoms with van der Waals surface area (Å²) in [4.78, 5) is 11.7. The molecule has 0 radical (unpaired) electrons. The first kappa shape index (κ1) is 8.46. The van der Waals surface area contributed by atoms with Gasteiger partial charge in [-0.25, -0.2) is 4.79 Å². The van der Waals surface area contributed by atoms with Gasteiger partial charge in [0.2, 0.25) is 0 Å². The second-order valence-electron chi connectivity index (χ2n) is 2.71. The van der Waals surface area contributed by atoms with Crippen molar-refractivity contribution in [3.05, 3.63) is 0 Å². The van der Waals surface area contributed by atoms with Crippen LogP contribution in [0.25, 0.3) is 0 Å². The molecule has 0 spiro atoms. The molecule has 1 aliphatic rings. The Bertz CT molecular complexity index is 151. The zero-order chi connectivity index (χ0) is 8.27. The molecule has 1 atom stereocenters. The number of rotatable bonds is 1. The first-order valence-corrected chi connectivity index (χ1v) is 3.92. The number of carbonyl (C=O) groups is 1. The quantitative estimate of drug-likeness (QED) is 0.453. The number of carbonyl (C=O) groups excluding carboxylic acids is 1. The van der Waals surface area contributed by atoms with E-state index in [1.54, 1.807) is 0 Å². The molecule has 0 aliphatic carbocycles. The number of piperazine rings is 1. The van der Waals surface area contributed by atoms with Crippen molar-refractivity contribution in [2.24, 2.45) is 0 Å². The van der Waals surface area contributed by atoms with E-state index in [-0.39, 0.29) is 6.04 Å². The molecular formula is C7H13FN2O. The summed E-state index contributed by atoms with van der Waals surface area (Å²) in [6.07, 6.45) is -0.485. The van der Waals surface area contributed by atoms with Gasteiger partial charge in [-0.1, -0.05) is 6.92 Å². The lowest BCUT2D eigenvalue weighted by Crippen LogP contribution is -2.52. The minimum atomic E-state index is -1.29. The second-order valence-corrected chi connectivity index (χ2v) is 2.71. The number of hydrogen-bond acceptors (Lipinski definition) is 2. The fraction of sp³-hybridized carbons (Fsp3) is 0.857. The highest BCUT2D eigenvalue weighted by Gasteiger charge is 2.24. The zero-order valence-electron chi connectivity index (χ0n) is 6.64. The van der Waals surface area contributed by atoms with Crippen LogP contribution < -0.4 is 5.32 Å². The zero-order valence-corrected chi connectivity index (χ0v) is 6.64. The lowest BCUT2D eigenvalue weighted by molar-refractivity contribution is 0.135. The molecule has 1 heterocycles. The Morgan fingerprint density at radius 2 is 2.55 bits per heavy atom. The van der Waals surface area contributed by atoms with E-state index >= 15 is 0 Å². The minimum absolute atomic E-state index is 0.0428. The van der Waals surface area contributed by atoms with Gasteiger partial charge in [0.1, 0.15) is 0 Å². The maximum Gasteiger partial charge on any atom is 0.400 e. The Balaban J connectivity index is 2.51. The number of amides is 1. The molecule has 1 unspecified atom stereocenters. The first-order valence-electron chi connectivity index (χ1n) is 3.92. The Kier molecular flexibility index (Phi) is 2.82. The largest absolute Gasteiger partial charge is 0.400 e. The van der Waals surface area contributed by atoms with Crippen LogP contribution >= 0.6 is 0 Å². The fourth-order valence-electron chi connectivity index (χ4n) is 1.36. The molecule has 0 aromatic rings. The van der Waals surface area contributed by atoms with Crippen LogP contribution in [-0.2, 0) is 0 Å². The molecule has 1 rings (SSSR count). The van der Waals surface area contributed by atoms with Crippen molar-refractivity contribution in [2.45, 2.75) is 19.4 Å². The number of nitrogens with one attached hydrogen (secondary N) is 1. The standard InChI is InChI=1S/C7H13FN2O/c1-2-6-5-9-3-4-10(6)7(8)11/h6,9H,2-5H2,1H3. The van der Waals surface area contributed by atoms with Crippen molar-refractivity contribution in [2.75, 3.05) is 19.6 Å². The van der Waals surface area contributed by atoms with Crippen molar-refractivity contribution < 1.29 is 9.18 Å². The van der Waals surface area contributed by atoms with Gasteiger partial charge in [0.05, 0.1) is 0 Å². The molecule has 0 bridgehead atoms. The average molecular weight is 160 g/mol. The maximum atomic E-state index is 12.3. The van der Waals surface area contributed by atoms with E-state index < -0.39 is 6.16 Å². The van der Waals surface area contributed by atoms with Crippen LogP contribution in [0.3, 0.4) is 0 Å². The van der Waals surface area contributed by atoms with Crippen LogP contribution in [0, 0.1) is 0 Å². The van der Waals surface area contributed by atoms with Gasteiger partial charge in [-0.3, -0.25) is 0 Å². The Morgan fingerprint density at radius 1 is 1.82 bits per heavy atom. The predicted molar refractivity (Wildman–Crippen MR) is 40.2 cm³/mol. The van der Waals surface area contributed by atoms with E-state index in [9.17, 15) is 9.18 Å². The van der Waals surface area contributed by atoms with Crippen molar-refractivity contribution >= 4 is 6.16 Å². The van der Waals surface area contributed by atoms with E-state index in [0.717, 1.165) is 6.42 Å². The Hall–Kier alpha value is -0.640. The number of halogens is 1. The van der Waals surface area contributed by atoms with E-state index in [1.165, 1.54) is 4.90 Å². The van der Waals surface area contributed by atoms with E-state index in [1.807, 2.05) is 6.92 Å². The fourth-order valence-corrected chi connectivity index (χ4v) is 1.36. The van der Waals surface area contributed by atoms with Crippen molar-refractivity contribution in [3.63, 3.8) is 0 Å². The summed E-state index contributed by atoms with van der Waals surface area (Å²) in [5.41, 5.74) is 0. The third kappa shape index (κ3) is 1.89. The van der Waals surface area contributed by atoms with Crippen LogP contribution in [0.2, 0.25) is 0 Å². The summed E-state index contributed by atoms with van der Waals surface area (Å²) in [6.45, 7) is 3.86. The third-order valence-electron chi connectivity index (χ3n) is 2.05. The highest BCUT2D eigenvalue weighted by atomic mass is 19.1. The summed E-state index contributed by atoms with van der Waals surface area (Å²) in [7, 11) is 0. The molecule has 0 aromatic carbocycles. The lowest BCUT2D eigenvalue weighted by atomic mass is 10.1. The van der Waals surface area contributed by atoms with Gasteiger partial charge >= 0.3 is 6.16 Å². The molecular weight excluding hydrogens is 147 g/mol. The van der Waals surface area contributed by atoms with Gasteiger partial charge in [0.25, 0.3) is 0 Å². The number of hydrogen-bond donors (Lipinski definition) is 1. The van der Waals surface area contributed by atoms with Crippen LogP contribution in [0.4, 0.5) is 9.18 Å². The summed E-state index contributed by atoms with van der Waals surface area (Å²) in [5, 5.41) is 3.11. The van der Waals surface area contributed by atoms with Gasteiger partial charge in [0.15, 0.2) is 0 Å². The average Bonchev–Trinajstić information content (AvgIpc) is 2.04. The minimum Gasteiger partial charge on any atom is -0.313 e. The molecule has 1 aliphatic heterocycles. The van der Waals surface area contributed by atoms with Crippen LogP contribution in [0.15, 0.2) is 0 Å². The molecule has 1 fully saturated rings. The smallest absolute Gasteiger partial charge is 0.313 e. The Labute approximate surface area is 65.6 Å². The molecule has 0 saturated carbocycles. The molecule has 0 aromatic heterocycles. The topological polar surface area (TPSA) is 32.3 Å². The normalized spacial score (nSPS) is 25.3. The van der Waals surface area contributed by atoms with E-state index in [2.05, 4.69) is 5.32 Å². The SMILES string of the molecule is CCC1CNCCN1C(=O)F. The van der Waals surface area contributed by atoms with E-state index in [0.29, 0.717) is 19.6 Å². The number of nitrogens with zero attached hydrogens (tertiary/aromatic N) is 1. The van der Waals surface area contributed by atoms with Crippen LogP contribution in [0.5, 0.6) is 0 Å². The summed E-state index contributed by atoms with van der Waals surface area (Å²) < 4.78 is 12.3. The van der Waals surface area contributed by atoms with Crippen molar-refractivity contribution in [1.82, 2.24) is 10.2 Å². The summed E-state index contributed by atoms with van der Waals surface area (Å²) in [5.74, 6) is 0. The monoisotopic (exact) mass is 160 g/mol. The third-order valence-corrected chi connectivity index (χ3v) is 2.05. The summed E-state index contributed by atoms with van der Waals surface area (Å²) >= 11 is 0. The molecule has 1 saturated heterocycles. The summed E-state index contributed by atoms with van der Waals surface area (Å²) in [6, 6.07) is 0.0428. The molecule has 1 N–H and O–H groups in total. The van der Waals surface area contributed by atoms with Gasteiger partial charge in [-0.2, -0.15) is 0 Å². The molecule has 11 heavy (non-hydrogen) atoms. The van der Waals surface area contributed by atoms with Gasteiger partial charge in [-0.15, -0.1) is 4.39 Å². The Morgan fingerprint density at radius 3 is 3.00 bits per heavy atom. The highest BCUT2D eigenvalue weighted by molar-refractivity contribution is 5.66. The van der Waals surface area contributed by atoms with Crippen molar-refractivity contribution in [1.29, 1.82) is 0 Å². The van der Waals surface area contributed by atoms with Crippen LogP contribution in [0.1, 0.15) is 13.3 Å². The molecule has 64 valence electrons. The highest BCUT2D eigenvalue weighted by Crippen LogP contribution is 2.07. The predicted octanol–water partition coefficient (Wildman–Crippen LogP) is 0.760. The maximum absolute atomic E-state index is 12.3. The van der Waals surface area contributed by atoms with Crippen LogP contribution in [-0.4, -0.2) is 36.7 Å². The lowest BCUT2D eigenvalue weighted by Gasteiger charge is -2.32. The molecule has 3 nitrogen and oxygen atoms in total.